The van der Waals surface area contributed by atoms with Crippen LogP contribution >= 0.6 is 11.3 Å². The van der Waals surface area contributed by atoms with E-state index in [0.29, 0.717) is 12.5 Å². The van der Waals surface area contributed by atoms with E-state index >= 15 is 0 Å². The molecule has 0 amide bonds. The molecule has 1 unspecified atom stereocenters. The number of hydrogen-bond donors (Lipinski definition) is 2. The van der Waals surface area contributed by atoms with Crippen molar-refractivity contribution >= 4 is 16.5 Å². The Kier molecular flexibility index (Phi) is 4.50. The molecule has 1 atom stereocenters. The van der Waals surface area contributed by atoms with E-state index in [-0.39, 0.29) is 5.82 Å². The van der Waals surface area contributed by atoms with Gasteiger partial charge in [-0.1, -0.05) is 19.1 Å². The third-order valence-electron chi connectivity index (χ3n) is 3.01. The molecular formula is C14H18FN3S. The molecule has 0 spiro atoms. The number of anilines is 1. The first kappa shape index (κ1) is 14.0. The van der Waals surface area contributed by atoms with E-state index in [1.54, 1.807) is 17.4 Å². The fourth-order valence-corrected chi connectivity index (χ4v) is 3.02. The maximum Gasteiger partial charge on any atom is 0.183 e. The van der Waals surface area contributed by atoms with E-state index in [9.17, 15) is 4.39 Å². The van der Waals surface area contributed by atoms with Crippen molar-refractivity contribution in [2.24, 2.45) is 5.73 Å². The second-order valence-electron chi connectivity index (χ2n) is 4.47. The summed E-state index contributed by atoms with van der Waals surface area (Å²) in [6.45, 7) is 2.76. The molecule has 2 aromatic rings. The molecule has 1 aromatic carbocycles. The van der Waals surface area contributed by atoms with Crippen LogP contribution in [0.15, 0.2) is 24.3 Å². The molecule has 0 aliphatic rings. The lowest BCUT2D eigenvalue weighted by Crippen LogP contribution is -2.04. The van der Waals surface area contributed by atoms with Crippen molar-refractivity contribution in [1.29, 1.82) is 0 Å². The number of nitrogens with zero attached hydrogens (tertiary/aromatic N) is 1. The normalized spacial score (nSPS) is 12.4. The summed E-state index contributed by atoms with van der Waals surface area (Å²) in [6, 6.07) is 6.56. The summed E-state index contributed by atoms with van der Waals surface area (Å²) in [4.78, 5) is 5.70. The lowest BCUT2D eigenvalue weighted by Gasteiger charge is -2.09. The molecule has 102 valence electrons. The molecule has 0 saturated carbocycles. The SMILES string of the molecule is CNc1nc(-c2cccc(F)c2)c(C(C)CCN)s1. The second kappa shape index (κ2) is 6.12. The number of aromatic nitrogens is 1. The third kappa shape index (κ3) is 3.11. The van der Waals surface area contributed by atoms with Crippen LogP contribution in [0, 0.1) is 5.82 Å². The highest BCUT2D eigenvalue weighted by Crippen LogP contribution is 2.37. The molecule has 19 heavy (non-hydrogen) atoms. The zero-order valence-electron chi connectivity index (χ0n) is 11.1. The maximum atomic E-state index is 13.4. The van der Waals surface area contributed by atoms with Gasteiger partial charge < -0.3 is 11.1 Å². The number of halogens is 1. The van der Waals surface area contributed by atoms with Crippen LogP contribution in [0.1, 0.15) is 24.1 Å². The summed E-state index contributed by atoms with van der Waals surface area (Å²) in [6.07, 6.45) is 0.896. The Morgan fingerprint density at radius 3 is 2.89 bits per heavy atom. The van der Waals surface area contributed by atoms with Gasteiger partial charge in [-0.05, 0) is 31.0 Å². The van der Waals surface area contributed by atoms with Gasteiger partial charge in [-0.3, -0.25) is 0 Å². The van der Waals surface area contributed by atoms with Gasteiger partial charge in [0.05, 0.1) is 5.69 Å². The first-order valence-corrected chi connectivity index (χ1v) is 7.11. The topological polar surface area (TPSA) is 50.9 Å². The van der Waals surface area contributed by atoms with Crippen molar-refractivity contribution in [1.82, 2.24) is 4.98 Å². The number of hydrogen-bond acceptors (Lipinski definition) is 4. The van der Waals surface area contributed by atoms with Crippen molar-refractivity contribution in [3.8, 4) is 11.3 Å². The van der Waals surface area contributed by atoms with Crippen LogP contribution in [-0.2, 0) is 0 Å². The van der Waals surface area contributed by atoms with E-state index in [0.717, 1.165) is 27.7 Å². The molecule has 3 nitrogen and oxygen atoms in total. The van der Waals surface area contributed by atoms with E-state index in [4.69, 9.17) is 5.73 Å². The summed E-state index contributed by atoms with van der Waals surface area (Å²) in [5.74, 6) is 0.0804. The van der Waals surface area contributed by atoms with Crippen LogP contribution in [0.25, 0.3) is 11.3 Å². The summed E-state index contributed by atoms with van der Waals surface area (Å²) >= 11 is 1.61. The van der Waals surface area contributed by atoms with E-state index < -0.39 is 0 Å². The van der Waals surface area contributed by atoms with Gasteiger partial charge in [0.1, 0.15) is 5.82 Å². The fourth-order valence-electron chi connectivity index (χ4n) is 2.00. The largest absolute Gasteiger partial charge is 0.365 e. The molecule has 0 aliphatic heterocycles. The van der Waals surface area contributed by atoms with Crippen LogP contribution in [0.3, 0.4) is 0 Å². The van der Waals surface area contributed by atoms with Gasteiger partial charge in [-0.25, -0.2) is 9.37 Å². The van der Waals surface area contributed by atoms with E-state index in [2.05, 4.69) is 17.2 Å². The molecule has 0 fully saturated rings. The smallest absolute Gasteiger partial charge is 0.183 e. The lowest BCUT2D eigenvalue weighted by molar-refractivity contribution is 0.628. The molecule has 0 radical (unpaired) electrons. The molecule has 0 bridgehead atoms. The number of benzene rings is 1. The van der Waals surface area contributed by atoms with Crippen molar-refractivity contribution in [3.63, 3.8) is 0 Å². The van der Waals surface area contributed by atoms with Gasteiger partial charge in [-0.2, -0.15) is 0 Å². The Morgan fingerprint density at radius 1 is 1.47 bits per heavy atom. The minimum Gasteiger partial charge on any atom is -0.365 e. The summed E-state index contributed by atoms with van der Waals surface area (Å²) in [7, 11) is 1.84. The quantitative estimate of drug-likeness (QED) is 0.881. The van der Waals surface area contributed by atoms with Gasteiger partial charge in [0.2, 0.25) is 0 Å². The van der Waals surface area contributed by atoms with Crippen LogP contribution in [0.4, 0.5) is 9.52 Å². The molecule has 3 N–H and O–H groups in total. The Hall–Kier alpha value is -1.46. The first-order valence-electron chi connectivity index (χ1n) is 6.30. The van der Waals surface area contributed by atoms with Crippen molar-refractivity contribution < 1.29 is 4.39 Å². The summed E-state index contributed by atoms with van der Waals surface area (Å²) in [5.41, 5.74) is 7.30. The zero-order valence-corrected chi connectivity index (χ0v) is 11.9. The summed E-state index contributed by atoms with van der Waals surface area (Å²) < 4.78 is 13.4. The highest BCUT2D eigenvalue weighted by Gasteiger charge is 2.18. The van der Waals surface area contributed by atoms with Gasteiger partial charge in [0, 0.05) is 17.5 Å². The molecule has 5 heteroatoms. The van der Waals surface area contributed by atoms with Gasteiger partial charge in [0.15, 0.2) is 5.13 Å². The molecule has 1 heterocycles. The highest BCUT2D eigenvalue weighted by atomic mass is 32.1. The van der Waals surface area contributed by atoms with Crippen LogP contribution < -0.4 is 11.1 Å². The number of rotatable bonds is 5. The van der Waals surface area contributed by atoms with Crippen molar-refractivity contribution in [3.05, 3.63) is 35.0 Å². The Bertz CT molecular complexity index is 553. The average molecular weight is 279 g/mol. The van der Waals surface area contributed by atoms with E-state index in [1.807, 2.05) is 13.1 Å². The number of thiazole rings is 1. The molecular weight excluding hydrogens is 261 g/mol. The lowest BCUT2D eigenvalue weighted by atomic mass is 10.0. The molecule has 2 rings (SSSR count). The Morgan fingerprint density at radius 2 is 2.26 bits per heavy atom. The van der Waals surface area contributed by atoms with Crippen LogP contribution in [0.2, 0.25) is 0 Å². The maximum absolute atomic E-state index is 13.4. The number of nitrogens with two attached hydrogens (primary N) is 1. The van der Waals surface area contributed by atoms with Crippen LogP contribution in [0.5, 0.6) is 0 Å². The predicted octanol–water partition coefficient (Wildman–Crippen LogP) is 3.44. The Labute approximate surface area is 116 Å². The van der Waals surface area contributed by atoms with Crippen LogP contribution in [-0.4, -0.2) is 18.6 Å². The predicted molar refractivity (Wildman–Crippen MR) is 79.1 cm³/mol. The van der Waals surface area contributed by atoms with E-state index in [1.165, 1.54) is 12.1 Å². The molecule has 0 saturated heterocycles. The standard InChI is InChI=1S/C14H18FN3S/c1-9(6-7-16)13-12(18-14(17-2)19-13)10-4-3-5-11(15)8-10/h3-5,8-9H,6-7,16H2,1-2H3,(H,17,18). The van der Waals surface area contributed by atoms with Crippen molar-refractivity contribution in [2.45, 2.75) is 19.3 Å². The van der Waals surface area contributed by atoms with Gasteiger partial charge in [0.25, 0.3) is 0 Å². The highest BCUT2D eigenvalue weighted by molar-refractivity contribution is 7.16. The minimum absolute atomic E-state index is 0.242. The third-order valence-corrected chi connectivity index (χ3v) is 4.32. The second-order valence-corrected chi connectivity index (χ2v) is 5.50. The fraction of sp³-hybridized carbons (Fsp3) is 0.357. The first-order chi connectivity index (χ1) is 9.15. The van der Waals surface area contributed by atoms with Gasteiger partial charge in [-0.15, -0.1) is 11.3 Å². The van der Waals surface area contributed by atoms with Crippen molar-refractivity contribution in [2.75, 3.05) is 18.9 Å². The summed E-state index contributed by atoms with van der Waals surface area (Å²) in [5, 5.41) is 3.90. The minimum atomic E-state index is -0.242. The van der Waals surface area contributed by atoms with Gasteiger partial charge >= 0.3 is 0 Å². The molecule has 0 aliphatic carbocycles. The molecule has 1 aromatic heterocycles. The zero-order chi connectivity index (χ0) is 13.8. The Balaban J connectivity index is 2.46. The number of nitrogens with one attached hydrogen (secondary N) is 1. The monoisotopic (exact) mass is 279 g/mol. The average Bonchev–Trinajstić information content (AvgIpc) is 2.83.